The first kappa shape index (κ1) is 25.3. The Hall–Kier alpha value is -2.83. The predicted molar refractivity (Wildman–Crippen MR) is 140 cm³/mol. The molecule has 2 heterocycles. The van der Waals surface area contributed by atoms with Crippen molar-refractivity contribution in [2.24, 2.45) is 7.05 Å². The smallest absolute Gasteiger partial charge is 0.235 e. The van der Waals surface area contributed by atoms with Crippen LogP contribution < -0.4 is 10.1 Å². The second kappa shape index (κ2) is 11.7. The number of aromatic nitrogens is 3. The van der Waals surface area contributed by atoms with Gasteiger partial charge in [-0.1, -0.05) is 43.7 Å². The van der Waals surface area contributed by atoms with Crippen LogP contribution in [-0.4, -0.2) is 26.4 Å². The number of hydrogen-bond acceptors (Lipinski definition) is 7. The van der Waals surface area contributed by atoms with Crippen LogP contribution in [0.1, 0.15) is 73.0 Å². The summed E-state index contributed by atoms with van der Waals surface area (Å²) < 4.78 is 7.90. The first-order valence-corrected chi connectivity index (χ1v) is 13.9. The van der Waals surface area contributed by atoms with Crippen molar-refractivity contribution in [3.05, 3.63) is 51.7 Å². The molecule has 4 rings (SSSR count). The minimum atomic E-state index is -0.285. The molecule has 1 aliphatic carbocycles. The highest BCUT2D eigenvalue weighted by atomic mass is 32.2. The number of thioether (sulfide) groups is 1. The van der Waals surface area contributed by atoms with Gasteiger partial charge in [-0.2, -0.15) is 5.26 Å². The molecule has 0 saturated carbocycles. The number of carbonyl (C=O) groups excluding carboxylic acids is 1. The van der Waals surface area contributed by atoms with E-state index in [4.69, 9.17) is 4.74 Å². The zero-order chi connectivity index (χ0) is 24.8. The van der Waals surface area contributed by atoms with Crippen molar-refractivity contribution in [3.63, 3.8) is 0 Å². The number of ether oxygens (including phenoxy) is 1. The van der Waals surface area contributed by atoms with Gasteiger partial charge < -0.3 is 14.6 Å². The second-order valence-electron chi connectivity index (χ2n) is 8.73. The van der Waals surface area contributed by atoms with E-state index in [1.165, 1.54) is 35.0 Å². The first-order chi connectivity index (χ1) is 17.0. The van der Waals surface area contributed by atoms with Gasteiger partial charge in [0.15, 0.2) is 17.1 Å². The van der Waals surface area contributed by atoms with Gasteiger partial charge in [0.1, 0.15) is 16.8 Å². The van der Waals surface area contributed by atoms with Gasteiger partial charge in [0.2, 0.25) is 5.91 Å². The summed E-state index contributed by atoms with van der Waals surface area (Å²) in [7, 11) is 1.88. The Morgan fingerprint density at radius 3 is 2.69 bits per heavy atom. The van der Waals surface area contributed by atoms with E-state index in [9.17, 15) is 10.1 Å². The number of thiophene rings is 1. The van der Waals surface area contributed by atoms with Gasteiger partial charge in [-0.25, -0.2) is 0 Å². The van der Waals surface area contributed by atoms with Crippen molar-refractivity contribution in [3.8, 4) is 11.8 Å². The number of nitrogens with zero attached hydrogens (tertiary/aromatic N) is 4. The summed E-state index contributed by atoms with van der Waals surface area (Å²) in [4.78, 5) is 14.0. The summed E-state index contributed by atoms with van der Waals surface area (Å²) >= 11 is 2.88. The molecule has 0 aliphatic heterocycles. The molecular formula is C26H31N5O2S2. The van der Waals surface area contributed by atoms with Crippen LogP contribution in [0.5, 0.6) is 5.75 Å². The van der Waals surface area contributed by atoms with Crippen molar-refractivity contribution in [2.75, 3.05) is 11.1 Å². The minimum Gasteiger partial charge on any atom is -0.483 e. The van der Waals surface area contributed by atoms with Gasteiger partial charge in [0.25, 0.3) is 0 Å². The topological polar surface area (TPSA) is 92.8 Å². The van der Waals surface area contributed by atoms with E-state index in [2.05, 4.69) is 40.6 Å². The van der Waals surface area contributed by atoms with Crippen LogP contribution in [0.25, 0.3) is 0 Å². The number of amides is 1. The Bertz CT molecular complexity index is 1210. The van der Waals surface area contributed by atoms with Gasteiger partial charge in [-0.05, 0) is 62.3 Å². The molecule has 3 aromatic rings. The second-order valence-corrected chi connectivity index (χ2v) is 10.8. The summed E-state index contributed by atoms with van der Waals surface area (Å²) in [5, 5.41) is 22.6. The van der Waals surface area contributed by atoms with Crippen molar-refractivity contribution >= 4 is 34.0 Å². The highest BCUT2D eigenvalue weighted by molar-refractivity contribution is 7.99. The highest BCUT2D eigenvalue weighted by Gasteiger charge is 2.22. The van der Waals surface area contributed by atoms with Crippen LogP contribution in [0.15, 0.2) is 29.4 Å². The Labute approximate surface area is 214 Å². The van der Waals surface area contributed by atoms with Crippen LogP contribution >= 0.6 is 23.1 Å². The maximum atomic E-state index is 12.7. The lowest BCUT2D eigenvalue weighted by atomic mass is 9.97. The molecule has 0 saturated heterocycles. The SMILES string of the molecule is CCc1ccc(OC(C)c2nnc(SCC(=O)Nc3sc4c(c3C#N)CCCCCC4)n2C)cc1. The number of nitriles is 1. The van der Waals surface area contributed by atoms with E-state index in [0.717, 1.165) is 43.4 Å². The molecule has 9 heteroatoms. The monoisotopic (exact) mass is 509 g/mol. The standard InChI is InChI=1S/C26H31N5O2S2/c1-4-18-11-13-19(14-12-18)33-17(2)24-29-30-26(31(24)3)34-16-23(32)28-25-21(15-27)20-9-7-5-6-8-10-22(20)35-25/h11-14,17H,4-10,16H2,1-3H3,(H,28,32). The fourth-order valence-electron chi connectivity index (χ4n) is 4.29. The van der Waals surface area contributed by atoms with Gasteiger partial charge in [0.05, 0.1) is 11.3 Å². The quantitative estimate of drug-likeness (QED) is 0.384. The van der Waals surface area contributed by atoms with E-state index < -0.39 is 0 Å². The Morgan fingerprint density at radius 2 is 1.97 bits per heavy atom. The Morgan fingerprint density at radius 1 is 1.23 bits per heavy atom. The third-order valence-electron chi connectivity index (χ3n) is 6.25. The average Bonchev–Trinajstić information content (AvgIpc) is 3.37. The maximum absolute atomic E-state index is 12.7. The molecule has 1 aromatic carbocycles. The number of rotatable bonds is 8. The molecule has 184 valence electrons. The number of anilines is 1. The van der Waals surface area contributed by atoms with E-state index in [-0.39, 0.29) is 17.8 Å². The molecule has 0 spiro atoms. The van der Waals surface area contributed by atoms with Gasteiger partial charge >= 0.3 is 0 Å². The molecular weight excluding hydrogens is 478 g/mol. The molecule has 1 atom stereocenters. The zero-order valence-corrected chi connectivity index (χ0v) is 22.1. The molecule has 1 N–H and O–H groups in total. The van der Waals surface area contributed by atoms with Crippen LogP contribution in [0, 0.1) is 11.3 Å². The summed E-state index contributed by atoms with van der Waals surface area (Å²) in [6.07, 6.45) is 7.28. The molecule has 35 heavy (non-hydrogen) atoms. The molecule has 0 bridgehead atoms. The van der Waals surface area contributed by atoms with Gasteiger partial charge in [-0.15, -0.1) is 21.5 Å². The largest absolute Gasteiger partial charge is 0.483 e. The van der Waals surface area contributed by atoms with Crippen molar-refractivity contribution in [1.29, 1.82) is 5.26 Å². The highest BCUT2D eigenvalue weighted by Crippen LogP contribution is 2.36. The van der Waals surface area contributed by atoms with Crippen LogP contribution in [0.3, 0.4) is 0 Å². The molecule has 0 fully saturated rings. The normalized spacial score (nSPS) is 14.3. The molecule has 0 radical (unpaired) electrons. The first-order valence-electron chi connectivity index (χ1n) is 12.1. The third-order valence-corrected chi connectivity index (χ3v) is 8.47. The lowest BCUT2D eigenvalue weighted by Gasteiger charge is -2.14. The Balaban J connectivity index is 1.36. The number of aryl methyl sites for hydroxylation is 2. The molecule has 2 aromatic heterocycles. The average molecular weight is 510 g/mol. The summed E-state index contributed by atoms with van der Waals surface area (Å²) in [5.74, 6) is 1.51. The van der Waals surface area contributed by atoms with Crippen LogP contribution in [-0.2, 0) is 31.1 Å². The van der Waals surface area contributed by atoms with Crippen molar-refractivity contribution in [2.45, 2.75) is 70.1 Å². The fraction of sp³-hybridized carbons (Fsp3) is 0.462. The lowest BCUT2D eigenvalue weighted by molar-refractivity contribution is -0.113. The van der Waals surface area contributed by atoms with Crippen molar-refractivity contribution in [1.82, 2.24) is 14.8 Å². The number of carbonyl (C=O) groups is 1. The fourth-order valence-corrected chi connectivity index (χ4v) is 6.26. The minimum absolute atomic E-state index is 0.148. The van der Waals surface area contributed by atoms with Gasteiger partial charge in [0, 0.05) is 11.9 Å². The zero-order valence-electron chi connectivity index (χ0n) is 20.5. The number of fused-ring (bicyclic) bond motifs is 1. The van der Waals surface area contributed by atoms with Crippen molar-refractivity contribution < 1.29 is 9.53 Å². The summed E-state index contributed by atoms with van der Waals surface area (Å²) in [5.41, 5.74) is 3.04. The van der Waals surface area contributed by atoms with E-state index >= 15 is 0 Å². The number of benzene rings is 1. The van der Waals surface area contributed by atoms with E-state index in [0.29, 0.717) is 21.5 Å². The molecule has 7 nitrogen and oxygen atoms in total. The third kappa shape index (κ3) is 6.06. The van der Waals surface area contributed by atoms with Gasteiger partial charge in [-0.3, -0.25) is 4.79 Å². The Kier molecular flexibility index (Phi) is 8.47. The number of nitrogens with one attached hydrogen (secondary N) is 1. The van der Waals surface area contributed by atoms with E-state index in [1.807, 2.05) is 30.7 Å². The molecule has 1 amide bonds. The predicted octanol–water partition coefficient (Wildman–Crippen LogP) is 5.84. The molecule has 1 aliphatic rings. The summed E-state index contributed by atoms with van der Waals surface area (Å²) in [6.45, 7) is 4.06. The number of hydrogen-bond donors (Lipinski definition) is 1. The van der Waals surface area contributed by atoms with E-state index in [1.54, 1.807) is 11.3 Å². The lowest BCUT2D eigenvalue weighted by Crippen LogP contribution is -2.15. The van der Waals surface area contributed by atoms with Crippen LogP contribution in [0.2, 0.25) is 0 Å². The summed E-state index contributed by atoms with van der Waals surface area (Å²) in [6, 6.07) is 10.4. The maximum Gasteiger partial charge on any atom is 0.235 e. The molecule has 1 unspecified atom stereocenters. The van der Waals surface area contributed by atoms with Crippen LogP contribution in [0.4, 0.5) is 5.00 Å².